The summed E-state index contributed by atoms with van der Waals surface area (Å²) in [5, 5.41) is 12.0. The first-order chi connectivity index (χ1) is 21.3. The molecule has 0 aliphatic rings. The van der Waals surface area contributed by atoms with E-state index < -0.39 is 8.07 Å². The van der Waals surface area contributed by atoms with Crippen LogP contribution in [-0.2, 0) is 0 Å². The second-order valence-corrected chi connectivity index (χ2v) is 14.5. The van der Waals surface area contributed by atoms with E-state index in [4.69, 9.17) is 4.98 Å². The fraction of sp³-hybridized carbons (Fsp3) is 0. The molecule has 0 spiro atoms. The first-order valence-electron chi connectivity index (χ1n) is 14.5. The van der Waals surface area contributed by atoms with Gasteiger partial charge in [0.15, 0.2) is 0 Å². The molecule has 4 nitrogen and oxygen atoms in total. The lowest BCUT2D eigenvalue weighted by Gasteiger charge is -2.33. The largest absolute Gasteiger partial charge is 0.309 e. The second kappa shape index (κ2) is 10.4. The van der Waals surface area contributed by atoms with Crippen molar-refractivity contribution in [3.63, 3.8) is 0 Å². The third-order valence-corrected chi connectivity index (χ3v) is 13.1. The number of nitrogens with zero attached hydrogens (tertiary/aromatic N) is 4. The van der Waals surface area contributed by atoms with Gasteiger partial charge in [-0.2, -0.15) is 5.10 Å². The lowest BCUT2D eigenvalue weighted by atomic mass is 10.1. The van der Waals surface area contributed by atoms with Crippen molar-refractivity contribution in [2.45, 2.75) is 0 Å². The molecule has 0 saturated carbocycles. The minimum absolute atomic E-state index is 1.03. The van der Waals surface area contributed by atoms with E-state index in [9.17, 15) is 0 Å². The van der Waals surface area contributed by atoms with Crippen LogP contribution >= 0.6 is 0 Å². The molecule has 5 aromatic carbocycles. The minimum Gasteiger partial charge on any atom is -0.309 e. The van der Waals surface area contributed by atoms with E-state index in [1.165, 1.54) is 31.8 Å². The molecule has 204 valence electrons. The summed E-state index contributed by atoms with van der Waals surface area (Å²) in [7, 11) is -2.77. The molecule has 0 saturated heterocycles. The summed E-state index contributed by atoms with van der Waals surface area (Å²) in [5.74, 6) is 0. The van der Waals surface area contributed by atoms with Crippen molar-refractivity contribution in [2.24, 2.45) is 0 Å². The number of hydrogen-bond acceptors (Lipinski definition) is 2. The van der Waals surface area contributed by atoms with Crippen molar-refractivity contribution >= 4 is 50.8 Å². The Morgan fingerprint density at radius 3 is 1.88 bits per heavy atom. The van der Waals surface area contributed by atoms with E-state index in [0.717, 1.165) is 22.2 Å². The number of hydrogen-bond donors (Lipinski definition) is 0. The maximum Gasteiger partial charge on any atom is 0.201 e. The van der Waals surface area contributed by atoms with Crippen LogP contribution in [0.5, 0.6) is 0 Å². The van der Waals surface area contributed by atoms with Crippen LogP contribution < -0.4 is 20.9 Å². The molecule has 0 bridgehead atoms. The molecule has 43 heavy (non-hydrogen) atoms. The fourth-order valence-electron chi connectivity index (χ4n) is 6.58. The van der Waals surface area contributed by atoms with Crippen LogP contribution in [0, 0.1) is 0 Å². The van der Waals surface area contributed by atoms with E-state index >= 15 is 0 Å². The molecular formula is C38H28N4Si. The van der Waals surface area contributed by atoms with E-state index in [-0.39, 0.29) is 0 Å². The monoisotopic (exact) mass is 568 g/mol. The average Bonchev–Trinajstić information content (AvgIpc) is 3.74. The fourth-order valence-corrected chi connectivity index (χ4v) is 11.2. The van der Waals surface area contributed by atoms with Crippen LogP contribution in [-0.4, -0.2) is 27.4 Å². The van der Waals surface area contributed by atoms with Crippen molar-refractivity contribution in [1.82, 2.24) is 19.3 Å². The maximum absolute atomic E-state index is 5.06. The van der Waals surface area contributed by atoms with Gasteiger partial charge in [-0.05, 0) is 64.1 Å². The SMILES string of the molecule is c1ccc([Si](c2ccccc2)(c2cccc(-n3c4ccccc4c4ccc(-n5cccn5)cc43)c2)c2ccccn2)cc1. The van der Waals surface area contributed by atoms with Gasteiger partial charge in [0.25, 0.3) is 0 Å². The predicted octanol–water partition coefficient (Wildman–Crippen LogP) is 5.74. The highest BCUT2D eigenvalue weighted by Gasteiger charge is 2.43. The molecule has 0 N–H and O–H groups in total. The van der Waals surface area contributed by atoms with Crippen LogP contribution in [0.1, 0.15) is 0 Å². The van der Waals surface area contributed by atoms with Crippen LogP contribution in [0.4, 0.5) is 0 Å². The number of fused-ring (bicyclic) bond motifs is 3. The molecule has 8 aromatic rings. The van der Waals surface area contributed by atoms with Gasteiger partial charge in [-0.15, -0.1) is 0 Å². The van der Waals surface area contributed by atoms with Gasteiger partial charge in [0, 0.05) is 40.4 Å². The Morgan fingerprint density at radius 2 is 1.16 bits per heavy atom. The van der Waals surface area contributed by atoms with Gasteiger partial charge in [0.2, 0.25) is 8.07 Å². The average molecular weight is 569 g/mol. The molecule has 0 amide bonds. The first-order valence-corrected chi connectivity index (χ1v) is 16.5. The van der Waals surface area contributed by atoms with Gasteiger partial charge >= 0.3 is 0 Å². The first kappa shape index (κ1) is 25.2. The van der Waals surface area contributed by atoms with Gasteiger partial charge in [0.05, 0.1) is 16.7 Å². The third-order valence-electron chi connectivity index (χ3n) is 8.43. The van der Waals surface area contributed by atoms with E-state index in [0.29, 0.717) is 0 Å². The zero-order valence-corrected chi connectivity index (χ0v) is 24.5. The van der Waals surface area contributed by atoms with Gasteiger partial charge in [0.1, 0.15) is 0 Å². The Morgan fingerprint density at radius 1 is 0.465 bits per heavy atom. The second-order valence-electron chi connectivity index (χ2n) is 10.8. The molecule has 0 aliphatic carbocycles. The Hall–Kier alpha value is -5.52. The summed E-state index contributed by atoms with van der Waals surface area (Å²) < 4.78 is 4.32. The Bertz CT molecular complexity index is 2070. The molecule has 5 heteroatoms. The van der Waals surface area contributed by atoms with Gasteiger partial charge in [-0.25, -0.2) is 4.68 Å². The Balaban J connectivity index is 1.44. The predicted molar refractivity (Wildman–Crippen MR) is 179 cm³/mol. The Kier molecular flexibility index (Phi) is 6.09. The summed E-state index contributed by atoms with van der Waals surface area (Å²) >= 11 is 0. The lowest BCUT2D eigenvalue weighted by molar-refractivity contribution is 0.881. The molecule has 8 rings (SSSR count). The standard InChI is InChI=1S/C38H28N4Si/c1-3-14-31(15-4-1)43(32-16-5-2-6-17-32,38-21-9-10-24-39-38)33-18-11-13-30(27-33)42-36-20-8-7-19-34(36)35-23-22-29(28-37(35)42)41-26-12-25-40-41/h1-28H. The van der Waals surface area contributed by atoms with Crippen LogP contribution in [0.3, 0.4) is 0 Å². The summed E-state index contributed by atoms with van der Waals surface area (Å²) in [6.07, 6.45) is 5.73. The number of benzene rings is 5. The quantitative estimate of drug-likeness (QED) is 0.189. The number of para-hydroxylation sites is 1. The van der Waals surface area contributed by atoms with Crippen LogP contribution in [0.15, 0.2) is 170 Å². The molecule has 3 heterocycles. The smallest absolute Gasteiger partial charge is 0.201 e. The molecule has 0 atom stereocenters. The highest BCUT2D eigenvalue weighted by molar-refractivity contribution is 7.19. The summed E-state index contributed by atoms with van der Waals surface area (Å²) in [6, 6.07) is 54.6. The molecule has 0 unspecified atom stereocenters. The van der Waals surface area contributed by atoms with Crippen molar-refractivity contribution in [2.75, 3.05) is 0 Å². The van der Waals surface area contributed by atoms with Crippen molar-refractivity contribution in [3.05, 3.63) is 170 Å². The summed E-state index contributed by atoms with van der Waals surface area (Å²) in [4.78, 5) is 5.06. The highest BCUT2D eigenvalue weighted by atomic mass is 28.3. The number of aromatic nitrogens is 4. The molecular weight excluding hydrogens is 541 g/mol. The van der Waals surface area contributed by atoms with E-state index in [1.807, 2.05) is 35.4 Å². The molecule has 3 aromatic heterocycles. The van der Waals surface area contributed by atoms with Gasteiger partial charge < -0.3 is 4.57 Å². The normalized spacial score (nSPS) is 11.7. The summed E-state index contributed by atoms with van der Waals surface area (Å²) in [6.45, 7) is 0. The third kappa shape index (κ3) is 4.05. The summed E-state index contributed by atoms with van der Waals surface area (Å²) in [5.41, 5.74) is 4.48. The van der Waals surface area contributed by atoms with Crippen LogP contribution in [0.25, 0.3) is 33.2 Å². The topological polar surface area (TPSA) is 35.6 Å². The van der Waals surface area contributed by atoms with Crippen molar-refractivity contribution < 1.29 is 0 Å². The van der Waals surface area contributed by atoms with Gasteiger partial charge in [-0.3, -0.25) is 4.98 Å². The Labute approximate surface area is 251 Å². The molecule has 0 radical (unpaired) electrons. The van der Waals surface area contributed by atoms with E-state index in [1.54, 1.807) is 0 Å². The molecule has 0 aliphatic heterocycles. The zero-order chi connectivity index (χ0) is 28.6. The minimum atomic E-state index is -2.77. The molecule has 0 fully saturated rings. The van der Waals surface area contributed by atoms with Crippen LogP contribution in [0.2, 0.25) is 0 Å². The highest BCUT2D eigenvalue weighted by Crippen LogP contribution is 2.33. The number of rotatable bonds is 6. The zero-order valence-electron chi connectivity index (χ0n) is 23.5. The maximum atomic E-state index is 5.06. The van der Waals surface area contributed by atoms with Crippen molar-refractivity contribution in [1.29, 1.82) is 0 Å². The lowest BCUT2D eigenvalue weighted by Crippen LogP contribution is -2.75. The van der Waals surface area contributed by atoms with Crippen molar-refractivity contribution in [3.8, 4) is 11.4 Å². The van der Waals surface area contributed by atoms with Gasteiger partial charge in [-0.1, -0.05) is 103 Å². The number of pyridine rings is 1. The van der Waals surface area contributed by atoms with E-state index in [2.05, 4.69) is 149 Å².